The monoisotopic (exact) mass is 126 g/mol. The molecule has 0 fully saturated rings. The Bertz CT molecular complexity index is 116. The lowest BCUT2D eigenvalue weighted by Gasteiger charge is -2.06. The lowest BCUT2D eigenvalue weighted by atomic mass is 10.1. The second-order valence-electron chi connectivity index (χ2n) is 1.90. The summed E-state index contributed by atoms with van der Waals surface area (Å²) in [4.78, 5) is 3.85. The first-order chi connectivity index (χ1) is 4.26. The Hall–Kier alpha value is -0.790. The number of aliphatic imine (C=N–C) groups is 1. The molecule has 0 bridgehead atoms. The van der Waals surface area contributed by atoms with Gasteiger partial charge in [-0.3, -0.25) is 4.99 Å². The van der Waals surface area contributed by atoms with Crippen LogP contribution in [0.5, 0.6) is 0 Å². The first-order valence-corrected chi connectivity index (χ1v) is 3.11. The lowest BCUT2D eigenvalue weighted by Crippen LogP contribution is -2.20. The number of hydrogen-bond acceptors (Lipinski definition) is 1. The van der Waals surface area contributed by atoms with E-state index in [1.54, 1.807) is 7.05 Å². The third-order valence-electron chi connectivity index (χ3n) is 1.36. The van der Waals surface area contributed by atoms with Gasteiger partial charge in [0.05, 0.1) is 0 Å². The van der Waals surface area contributed by atoms with Crippen LogP contribution >= 0.6 is 0 Å². The Morgan fingerprint density at radius 2 is 2.44 bits per heavy atom. The van der Waals surface area contributed by atoms with E-state index in [2.05, 4.69) is 18.5 Å². The van der Waals surface area contributed by atoms with Crippen molar-refractivity contribution in [2.24, 2.45) is 16.6 Å². The summed E-state index contributed by atoms with van der Waals surface area (Å²) in [7, 11) is 1.70. The molecule has 0 rings (SSSR count). The Balaban J connectivity index is 3.94. The molecule has 0 aliphatic heterocycles. The van der Waals surface area contributed by atoms with Gasteiger partial charge in [0.25, 0.3) is 0 Å². The standard InChI is InChI=1S/C7H14N2/c1-4-6(5-2)7(8)9-3/h4,6H,1,5H2,2-3H3,(H2,8,9). The molecule has 0 spiro atoms. The van der Waals surface area contributed by atoms with Gasteiger partial charge in [-0.2, -0.15) is 0 Å². The highest BCUT2D eigenvalue weighted by molar-refractivity contribution is 5.84. The topological polar surface area (TPSA) is 38.4 Å². The van der Waals surface area contributed by atoms with Gasteiger partial charge in [-0.15, -0.1) is 6.58 Å². The molecule has 0 saturated heterocycles. The fourth-order valence-electron chi connectivity index (χ4n) is 0.662. The minimum atomic E-state index is 0.259. The zero-order valence-corrected chi connectivity index (χ0v) is 6.09. The van der Waals surface area contributed by atoms with Crippen molar-refractivity contribution in [1.82, 2.24) is 0 Å². The molecule has 0 heterocycles. The van der Waals surface area contributed by atoms with Gasteiger partial charge in [-0.05, 0) is 6.42 Å². The van der Waals surface area contributed by atoms with Gasteiger partial charge in [0.15, 0.2) is 0 Å². The lowest BCUT2D eigenvalue weighted by molar-refractivity contribution is 0.807. The summed E-state index contributed by atoms with van der Waals surface area (Å²) in [5.41, 5.74) is 5.52. The maximum absolute atomic E-state index is 5.52. The number of rotatable bonds is 3. The molecule has 2 N–H and O–H groups in total. The van der Waals surface area contributed by atoms with Crippen LogP contribution in [0.25, 0.3) is 0 Å². The Labute approximate surface area is 56.5 Å². The molecule has 0 saturated carbocycles. The first-order valence-electron chi connectivity index (χ1n) is 3.11. The Morgan fingerprint density at radius 3 is 2.56 bits per heavy atom. The van der Waals surface area contributed by atoms with Crippen molar-refractivity contribution in [3.05, 3.63) is 12.7 Å². The molecule has 0 aliphatic carbocycles. The van der Waals surface area contributed by atoms with Crippen molar-refractivity contribution in [2.45, 2.75) is 13.3 Å². The van der Waals surface area contributed by atoms with Gasteiger partial charge < -0.3 is 5.73 Å². The van der Waals surface area contributed by atoms with Crippen molar-refractivity contribution in [1.29, 1.82) is 0 Å². The smallest absolute Gasteiger partial charge is 0.100 e. The van der Waals surface area contributed by atoms with Crippen molar-refractivity contribution < 1.29 is 0 Å². The summed E-state index contributed by atoms with van der Waals surface area (Å²) >= 11 is 0. The van der Waals surface area contributed by atoms with Gasteiger partial charge in [0, 0.05) is 13.0 Å². The van der Waals surface area contributed by atoms with Gasteiger partial charge in [-0.25, -0.2) is 0 Å². The third kappa shape index (κ3) is 2.31. The van der Waals surface area contributed by atoms with Crippen LogP contribution in [-0.4, -0.2) is 12.9 Å². The summed E-state index contributed by atoms with van der Waals surface area (Å²) in [6.07, 6.45) is 2.80. The van der Waals surface area contributed by atoms with Gasteiger partial charge in [0.1, 0.15) is 5.84 Å². The minimum absolute atomic E-state index is 0.259. The number of nitrogens with two attached hydrogens (primary N) is 1. The van der Waals surface area contributed by atoms with Crippen molar-refractivity contribution >= 4 is 5.84 Å². The van der Waals surface area contributed by atoms with Crippen LogP contribution in [0.1, 0.15) is 13.3 Å². The predicted molar refractivity (Wildman–Crippen MR) is 41.5 cm³/mol. The Morgan fingerprint density at radius 1 is 1.89 bits per heavy atom. The molecule has 0 aromatic heterocycles. The molecule has 1 atom stereocenters. The highest BCUT2D eigenvalue weighted by Crippen LogP contribution is 2.01. The van der Waals surface area contributed by atoms with E-state index in [4.69, 9.17) is 5.73 Å². The molecule has 0 aromatic rings. The van der Waals surface area contributed by atoms with Crippen LogP contribution in [0.3, 0.4) is 0 Å². The number of nitrogens with zero attached hydrogens (tertiary/aromatic N) is 1. The van der Waals surface area contributed by atoms with E-state index in [-0.39, 0.29) is 5.92 Å². The largest absolute Gasteiger partial charge is 0.387 e. The molecule has 0 aromatic carbocycles. The maximum atomic E-state index is 5.52. The average Bonchev–Trinajstić information content (AvgIpc) is 1.90. The van der Waals surface area contributed by atoms with E-state index in [0.29, 0.717) is 5.84 Å². The molecular formula is C7H14N2. The van der Waals surface area contributed by atoms with Crippen LogP contribution < -0.4 is 5.73 Å². The second kappa shape index (κ2) is 4.13. The molecule has 52 valence electrons. The summed E-state index contributed by atoms with van der Waals surface area (Å²) < 4.78 is 0. The van der Waals surface area contributed by atoms with E-state index in [1.807, 2.05) is 6.08 Å². The van der Waals surface area contributed by atoms with E-state index >= 15 is 0 Å². The summed E-state index contributed by atoms with van der Waals surface area (Å²) in [6.45, 7) is 5.70. The van der Waals surface area contributed by atoms with E-state index in [1.165, 1.54) is 0 Å². The van der Waals surface area contributed by atoms with Crippen LogP contribution in [0, 0.1) is 5.92 Å². The first kappa shape index (κ1) is 8.21. The fourth-order valence-corrected chi connectivity index (χ4v) is 0.662. The molecule has 1 unspecified atom stereocenters. The van der Waals surface area contributed by atoms with Crippen molar-refractivity contribution in [3.8, 4) is 0 Å². The van der Waals surface area contributed by atoms with Crippen LogP contribution in [0.2, 0.25) is 0 Å². The van der Waals surface area contributed by atoms with Crippen molar-refractivity contribution in [2.75, 3.05) is 7.05 Å². The highest BCUT2D eigenvalue weighted by Gasteiger charge is 2.02. The van der Waals surface area contributed by atoms with Crippen LogP contribution in [0.4, 0.5) is 0 Å². The third-order valence-corrected chi connectivity index (χ3v) is 1.36. The van der Waals surface area contributed by atoms with Crippen LogP contribution in [0.15, 0.2) is 17.6 Å². The molecule has 0 amide bonds. The van der Waals surface area contributed by atoms with Gasteiger partial charge in [-0.1, -0.05) is 13.0 Å². The number of amidine groups is 1. The number of hydrogen-bond donors (Lipinski definition) is 1. The summed E-state index contributed by atoms with van der Waals surface area (Å²) in [5.74, 6) is 0.933. The van der Waals surface area contributed by atoms with E-state index in [9.17, 15) is 0 Å². The molecule has 0 aliphatic rings. The molecular weight excluding hydrogens is 112 g/mol. The molecule has 9 heavy (non-hydrogen) atoms. The van der Waals surface area contributed by atoms with Crippen molar-refractivity contribution in [3.63, 3.8) is 0 Å². The molecule has 2 heteroatoms. The quantitative estimate of drug-likeness (QED) is 0.344. The zero-order chi connectivity index (χ0) is 7.28. The molecule has 0 radical (unpaired) electrons. The second-order valence-corrected chi connectivity index (χ2v) is 1.90. The van der Waals surface area contributed by atoms with Gasteiger partial charge >= 0.3 is 0 Å². The average molecular weight is 126 g/mol. The maximum Gasteiger partial charge on any atom is 0.100 e. The highest BCUT2D eigenvalue weighted by atomic mass is 14.8. The van der Waals surface area contributed by atoms with E-state index < -0.39 is 0 Å². The molecule has 2 nitrogen and oxygen atoms in total. The van der Waals surface area contributed by atoms with E-state index in [0.717, 1.165) is 6.42 Å². The predicted octanol–water partition coefficient (Wildman–Crippen LogP) is 1.19. The normalized spacial score (nSPS) is 15.1. The SMILES string of the molecule is C=CC(CC)C(N)=NC. The minimum Gasteiger partial charge on any atom is -0.387 e. The Kier molecular flexibility index (Phi) is 3.76. The summed E-state index contributed by atoms with van der Waals surface area (Å²) in [6, 6.07) is 0. The summed E-state index contributed by atoms with van der Waals surface area (Å²) in [5, 5.41) is 0. The fraction of sp³-hybridized carbons (Fsp3) is 0.571. The van der Waals surface area contributed by atoms with Crippen LogP contribution in [-0.2, 0) is 0 Å². The zero-order valence-electron chi connectivity index (χ0n) is 6.09. The van der Waals surface area contributed by atoms with Gasteiger partial charge in [0.2, 0.25) is 0 Å².